The third-order valence-corrected chi connectivity index (χ3v) is 2.90. The van der Waals surface area contributed by atoms with Crippen LogP contribution in [0.15, 0.2) is 54.6 Å². The SMILES string of the molecule is CC(=O)/C(=C\c1ccccc1)c1ccc(Cl)cc1. The molecule has 0 amide bonds. The molecule has 2 aromatic carbocycles. The fraction of sp³-hybridized carbons (Fsp3) is 0.0625. The van der Waals surface area contributed by atoms with E-state index in [1.165, 1.54) is 0 Å². The highest BCUT2D eigenvalue weighted by Crippen LogP contribution is 2.21. The first-order valence-corrected chi connectivity index (χ1v) is 6.08. The van der Waals surface area contributed by atoms with Crippen LogP contribution in [0.5, 0.6) is 0 Å². The minimum atomic E-state index is 0.0428. The summed E-state index contributed by atoms with van der Waals surface area (Å²) in [6.07, 6.45) is 1.89. The lowest BCUT2D eigenvalue weighted by Gasteiger charge is -2.04. The van der Waals surface area contributed by atoms with Crippen molar-refractivity contribution >= 4 is 29.0 Å². The summed E-state index contributed by atoms with van der Waals surface area (Å²) in [6.45, 7) is 1.57. The lowest BCUT2D eigenvalue weighted by atomic mass is 10.00. The molecule has 0 atom stereocenters. The second kappa shape index (κ2) is 5.65. The molecule has 2 rings (SSSR count). The third-order valence-electron chi connectivity index (χ3n) is 2.65. The minimum Gasteiger partial charge on any atom is -0.294 e. The van der Waals surface area contributed by atoms with Crippen LogP contribution in [0, 0.1) is 0 Å². The molecule has 18 heavy (non-hydrogen) atoms. The van der Waals surface area contributed by atoms with Gasteiger partial charge in [-0.3, -0.25) is 4.79 Å². The molecule has 0 bridgehead atoms. The molecule has 0 N–H and O–H groups in total. The molecular weight excluding hydrogens is 244 g/mol. The molecule has 0 aliphatic rings. The van der Waals surface area contributed by atoms with Crippen LogP contribution in [-0.2, 0) is 4.79 Å². The average Bonchev–Trinajstić information content (AvgIpc) is 2.38. The number of ketones is 1. The Morgan fingerprint density at radius 2 is 1.61 bits per heavy atom. The highest BCUT2D eigenvalue weighted by Gasteiger charge is 2.07. The van der Waals surface area contributed by atoms with Crippen molar-refractivity contribution in [3.8, 4) is 0 Å². The van der Waals surface area contributed by atoms with Crippen LogP contribution in [0.4, 0.5) is 0 Å². The van der Waals surface area contributed by atoms with Gasteiger partial charge >= 0.3 is 0 Å². The summed E-state index contributed by atoms with van der Waals surface area (Å²) >= 11 is 5.85. The summed E-state index contributed by atoms with van der Waals surface area (Å²) in [5, 5.41) is 0.668. The molecule has 0 heterocycles. The summed E-state index contributed by atoms with van der Waals surface area (Å²) in [7, 11) is 0. The van der Waals surface area contributed by atoms with Crippen LogP contribution in [-0.4, -0.2) is 5.78 Å². The van der Waals surface area contributed by atoms with Crippen LogP contribution in [0.1, 0.15) is 18.1 Å². The van der Waals surface area contributed by atoms with E-state index in [9.17, 15) is 4.79 Å². The first-order chi connectivity index (χ1) is 8.66. The molecule has 0 saturated carbocycles. The Morgan fingerprint density at radius 1 is 1.00 bits per heavy atom. The van der Waals surface area contributed by atoms with Crippen molar-refractivity contribution in [2.45, 2.75) is 6.92 Å². The zero-order chi connectivity index (χ0) is 13.0. The molecule has 90 valence electrons. The minimum absolute atomic E-state index is 0.0428. The zero-order valence-electron chi connectivity index (χ0n) is 10.1. The average molecular weight is 257 g/mol. The lowest BCUT2D eigenvalue weighted by Crippen LogP contribution is -1.95. The van der Waals surface area contributed by atoms with Gasteiger partial charge in [0.05, 0.1) is 0 Å². The van der Waals surface area contributed by atoms with Crippen LogP contribution in [0.3, 0.4) is 0 Å². The van der Waals surface area contributed by atoms with Crippen molar-refractivity contribution in [2.75, 3.05) is 0 Å². The van der Waals surface area contributed by atoms with Gasteiger partial charge < -0.3 is 0 Å². The first-order valence-electron chi connectivity index (χ1n) is 5.70. The largest absolute Gasteiger partial charge is 0.294 e. The van der Waals surface area contributed by atoms with Crippen LogP contribution >= 0.6 is 11.6 Å². The van der Waals surface area contributed by atoms with E-state index in [2.05, 4.69) is 0 Å². The van der Waals surface area contributed by atoms with E-state index in [-0.39, 0.29) is 5.78 Å². The highest BCUT2D eigenvalue weighted by atomic mass is 35.5. The number of carbonyl (C=O) groups excluding carboxylic acids is 1. The number of hydrogen-bond donors (Lipinski definition) is 0. The summed E-state index contributed by atoms with van der Waals surface area (Å²) in [5.74, 6) is 0.0428. The van der Waals surface area contributed by atoms with E-state index >= 15 is 0 Å². The van der Waals surface area contributed by atoms with E-state index in [1.807, 2.05) is 48.5 Å². The number of rotatable bonds is 3. The monoisotopic (exact) mass is 256 g/mol. The Labute approximate surface area is 112 Å². The second-order valence-electron chi connectivity index (χ2n) is 4.03. The van der Waals surface area contributed by atoms with Gasteiger partial charge in [-0.15, -0.1) is 0 Å². The first kappa shape index (κ1) is 12.6. The maximum absolute atomic E-state index is 11.7. The Balaban J connectivity index is 2.44. The van der Waals surface area contributed by atoms with Gasteiger partial charge in [0.1, 0.15) is 0 Å². The van der Waals surface area contributed by atoms with E-state index in [1.54, 1.807) is 19.1 Å². The number of benzene rings is 2. The van der Waals surface area contributed by atoms with Gasteiger partial charge in [0.2, 0.25) is 0 Å². The van der Waals surface area contributed by atoms with Crippen molar-refractivity contribution in [1.29, 1.82) is 0 Å². The van der Waals surface area contributed by atoms with Crippen molar-refractivity contribution in [3.05, 3.63) is 70.7 Å². The molecule has 0 spiro atoms. The maximum atomic E-state index is 11.7. The number of carbonyl (C=O) groups is 1. The highest BCUT2D eigenvalue weighted by molar-refractivity contribution is 6.31. The van der Waals surface area contributed by atoms with Crippen molar-refractivity contribution in [3.63, 3.8) is 0 Å². The van der Waals surface area contributed by atoms with E-state index < -0.39 is 0 Å². The zero-order valence-corrected chi connectivity index (χ0v) is 10.8. The van der Waals surface area contributed by atoms with Gasteiger partial charge in [-0.2, -0.15) is 0 Å². The van der Waals surface area contributed by atoms with E-state index in [0.29, 0.717) is 10.6 Å². The summed E-state index contributed by atoms with van der Waals surface area (Å²) in [5.41, 5.74) is 2.59. The summed E-state index contributed by atoms with van der Waals surface area (Å²) in [4.78, 5) is 11.7. The second-order valence-corrected chi connectivity index (χ2v) is 4.47. The van der Waals surface area contributed by atoms with Crippen LogP contribution < -0.4 is 0 Å². The van der Waals surface area contributed by atoms with Gasteiger partial charge in [-0.05, 0) is 36.3 Å². The van der Waals surface area contributed by atoms with Crippen molar-refractivity contribution < 1.29 is 4.79 Å². The van der Waals surface area contributed by atoms with Crippen molar-refractivity contribution in [2.24, 2.45) is 0 Å². The fourth-order valence-corrected chi connectivity index (χ4v) is 1.86. The molecule has 0 aliphatic carbocycles. The van der Waals surface area contributed by atoms with Crippen LogP contribution in [0.25, 0.3) is 11.6 Å². The van der Waals surface area contributed by atoms with Gasteiger partial charge in [0.15, 0.2) is 5.78 Å². The van der Waals surface area contributed by atoms with Gasteiger partial charge in [-0.1, -0.05) is 54.1 Å². The smallest absolute Gasteiger partial charge is 0.160 e. The Hall–Kier alpha value is -1.86. The van der Waals surface area contributed by atoms with Crippen molar-refractivity contribution in [1.82, 2.24) is 0 Å². The Kier molecular flexibility index (Phi) is 3.96. The number of hydrogen-bond acceptors (Lipinski definition) is 1. The van der Waals surface area contributed by atoms with E-state index in [0.717, 1.165) is 11.1 Å². The van der Waals surface area contributed by atoms with Gasteiger partial charge in [-0.25, -0.2) is 0 Å². The molecule has 0 saturated heterocycles. The quantitative estimate of drug-likeness (QED) is 0.585. The molecule has 0 unspecified atom stereocenters. The Morgan fingerprint density at radius 3 is 2.17 bits per heavy atom. The molecule has 2 heteroatoms. The van der Waals surface area contributed by atoms with Gasteiger partial charge in [0.25, 0.3) is 0 Å². The number of Topliss-reactive ketones (excluding diaryl/α,β-unsaturated/α-hetero) is 1. The number of halogens is 1. The predicted octanol–water partition coefficient (Wildman–Crippen LogP) is 4.47. The lowest BCUT2D eigenvalue weighted by molar-refractivity contribution is -0.111. The maximum Gasteiger partial charge on any atom is 0.160 e. The number of allylic oxidation sites excluding steroid dienone is 1. The molecule has 0 fully saturated rings. The normalized spacial score (nSPS) is 11.3. The molecule has 0 aliphatic heterocycles. The Bertz CT molecular complexity index is 568. The molecule has 2 aromatic rings. The summed E-state index contributed by atoms with van der Waals surface area (Å²) < 4.78 is 0. The third kappa shape index (κ3) is 3.08. The van der Waals surface area contributed by atoms with E-state index in [4.69, 9.17) is 11.6 Å². The van der Waals surface area contributed by atoms with Gasteiger partial charge in [0, 0.05) is 10.6 Å². The molecule has 1 nitrogen and oxygen atoms in total. The fourth-order valence-electron chi connectivity index (χ4n) is 1.73. The topological polar surface area (TPSA) is 17.1 Å². The molecular formula is C16H13ClO. The van der Waals surface area contributed by atoms with Crippen LogP contribution in [0.2, 0.25) is 5.02 Å². The molecule has 0 radical (unpaired) electrons. The predicted molar refractivity (Wildman–Crippen MR) is 76.4 cm³/mol. The summed E-state index contributed by atoms with van der Waals surface area (Å²) in [6, 6.07) is 17.1. The standard InChI is InChI=1S/C16H13ClO/c1-12(18)16(11-13-5-3-2-4-6-13)14-7-9-15(17)10-8-14/h2-11H,1H3/b16-11+. The molecule has 0 aromatic heterocycles.